The SMILES string of the molecule is C=CCCCCOC(=O)[C@@H]1[C@H]2C(=O)N(CCCCCO)C(C(=O)N(CC=C)c3c(C)cccc3C)C23S[C@@H]1CC3C. The molecule has 7 nitrogen and oxygen atoms in total. The number of amides is 2. The molecule has 3 aliphatic rings. The van der Waals surface area contributed by atoms with Crippen molar-refractivity contribution < 1.29 is 24.2 Å². The Labute approximate surface area is 249 Å². The predicted molar refractivity (Wildman–Crippen MR) is 165 cm³/mol. The second kappa shape index (κ2) is 13.6. The van der Waals surface area contributed by atoms with Gasteiger partial charge in [-0.15, -0.1) is 24.9 Å². The largest absolute Gasteiger partial charge is 0.465 e. The molecule has 1 aromatic carbocycles. The number of para-hydroxylation sites is 1. The summed E-state index contributed by atoms with van der Waals surface area (Å²) in [7, 11) is 0. The molecular weight excluding hydrogens is 536 g/mol. The topological polar surface area (TPSA) is 87.1 Å². The summed E-state index contributed by atoms with van der Waals surface area (Å²) < 4.78 is 5.05. The van der Waals surface area contributed by atoms with E-state index in [-0.39, 0.29) is 35.6 Å². The van der Waals surface area contributed by atoms with E-state index in [0.29, 0.717) is 32.5 Å². The maximum atomic E-state index is 14.8. The zero-order valence-electron chi connectivity index (χ0n) is 24.8. The Bertz CT molecular complexity index is 1130. The second-order valence-corrected chi connectivity index (χ2v) is 13.3. The molecule has 3 unspecified atom stereocenters. The number of esters is 1. The Kier molecular flexibility index (Phi) is 10.4. The lowest BCUT2D eigenvalue weighted by atomic mass is 9.66. The summed E-state index contributed by atoms with van der Waals surface area (Å²) in [5.41, 5.74) is 2.83. The number of hydrogen-bond acceptors (Lipinski definition) is 6. The smallest absolute Gasteiger partial charge is 0.310 e. The second-order valence-electron chi connectivity index (χ2n) is 11.8. The number of aliphatic hydroxyl groups is 1. The highest BCUT2D eigenvalue weighted by Crippen LogP contribution is 2.69. The highest BCUT2D eigenvalue weighted by atomic mass is 32.2. The number of ether oxygens (including phenoxy) is 1. The zero-order chi connectivity index (χ0) is 29.7. The molecule has 1 spiro atoms. The van der Waals surface area contributed by atoms with Crippen molar-refractivity contribution in [2.24, 2.45) is 17.8 Å². The van der Waals surface area contributed by atoms with Gasteiger partial charge in [-0.25, -0.2) is 0 Å². The van der Waals surface area contributed by atoms with Crippen LogP contribution in [-0.4, -0.2) is 70.1 Å². The van der Waals surface area contributed by atoms with Gasteiger partial charge in [-0.05, 0) is 75.8 Å². The van der Waals surface area contributed by atoms with Gasteiger partial charge in [0.25, 0.3) is 5.91 Å². The van der Waals surface area contributed by atoms with Crippen LogP contribution in [-0.2, 0) is 19.1 Å². The number of unbranched alkanes of at least 4 members (excludes halogenated alkanes) is 4. The van der Waals surface area contributed by atoms with Gasteiger partial charge in [-0.3, -0.25) is 14.4 Å². The van der Waals surface area contributed by atoms with Gasteiger partial charge in [0.05, 0.1) is 23.2 Å². The number of carbonyl (C=O) groups excluding carboxylic acids is 3. The molecular formula is C33H46N2O5S. The lowest BCUT2D eigenvalue weighted by molar-refractivity contribution is -0.154. The molecule has 41 heavy (non-hydrogen) atoms. The first kappa shape index (κ1) is 31.4. The van der Waals surface area contributed by atoms with E-state index in [1.54, 1.807) is 27.6 Å². The minimum atomic E-state index is -0.696. The van der Waals surface area contributed by atoms with Crippen molar-refractivity contribution in [2.75, 3.05) is 31.2 Å². The van der Waals surface area contributed by atoms with Crippen molar-refractivity contribution in [2.45, 2.75) is 81.8 Å². The number of aliphatic hydroxyl groups excluding tert-OH is 1. The van der Waals surface area contributed by atoms with Crippen LogP contribution in [0.3, 0.4) is 0 Å². The van der Waals surface area contributed by atoms with Crippen LogP contribution in [0.4, 0.5) is 5.69 Å². The molecule has 0 saturated carbocycles. The van der Waals surface area contributed by atoms with E-state index in [1.807, 2.05) is 38.1 Å². The quantitative estimate of drug-likeness (QED) is 0.173. The Morgan fingerprint density at radius 3 is 2.54 bits per heavy atom. The number of hydrogen-bond donors (Lipinski definition) is 1. The van der Waals surface area contributed by atoms with E-state index in [0.717, 1.165) is 48.9 Å². The predicted octanol–water partition coefficient (Wildman–Crippen LogP) is 5.22. The third-order valence-corrected chi connectivity index (χ3v) is 11.2. The van der Waals surface area contributed by atoms with Crippen molar-refractivity contribution in [1.82, 2.24) is 4.90 Å². The van der Waals surface area contributed by atoms with E-state index in [4.69, 9.17) is 4.74 Å². The molecule has 0 aromatic heterocycles. The first-order chi connectivity index (χ1) is 19.7. The van der Waals surface area contributed by atoms with Crippen molar-refractivity contribution in [3.8, 4) is 0 Å². The van der Waals surface area contributed by atoms with E-state index >= 15 is 0 Å². The highest BCUT2D eigenvalue weighted by Gasteiger charge is 2.76. The van der Waals surface area contributed by atoms with Crippen LogP contribution in [0.5, 0.6) is 0 Å². The van der Waals surface area contributed by atoms with Crippen LogP contribution in [0, 0.1) is 31.6 Å². The van der Waals surface area contributed by atoms with E-state index in [1.165, 1.54) is 0 Å². The van der Waals surface area contributed by atoms with Crippen molar-refractivity contribution in [3.05, 3.63) is 54.6 Å². The van der Waals surface area contributed by atoms with E-state index < -0.39 is 22.6 Å². The summed E-state index contributed by atoms with van der Waals surface area (Å²) in [5.74, 6) is -1.57. The average Bonchev–Trinajstić information content (AvgIpc) is 3.53. The van der Waals surface area contributed by atoms with E-state index in [2.05, 4.69) is 20.1 Å². The molecule has 3 heterocycles. The third kappa shape index (κ3) is 5.74. The summed E-state index contributed by atoms with van der Waals surface area (Å²) in [5, 5.41) is 9.27. The fraction of sp³-hybridized carbons (Fsp3) is 0.606. The normalized spacial score (nSPS) is 28.0. The van der Waals surface area contributed by atoms with Crippen LogP contribution < -0.4 is 4.90 Å². The molecule has 0 aliphatic carbocycles. The van der Waals surface area contributed by atoms with Crippen LogP contribution in [0.2, 0.25) is 0 Å². The van der Waals surface area contributed by atoms with Gasteiger partial charge >= 0.3 is 5.97 Å². The lowest BCUT2D eigenvalue weighted by Crippen LogP contribution is -2.57. The van der Waals surface area contributed by atoms with Crippen LogP contribution in [0.15, 0.2) is 43.5 Å². The Hall–Kier alpha value is -2.58. The Balaban J connectivity index is 1.71. The van der Waals surface area contributed by atoms with Gasteiger partial charge in [0, 0.05) is 30.6 Å². The van der Waals surface area contributed by atoms with Gasteiger partial charge < -0.3 is 19.6 Å². The maximum absolute atomic E-state index is 14.8. The zero-order valence-corrected chi connectivity index (χ0v) is 25.7. The number of likely N-dealkylation sites (tertiary alicyclic amines) is 1. The van der Waals surface area contributed by atoms with Crippen LogP contribution >= 0.6 is 11.8 Å². The van der Waals surface area contributed by atoms with Gasteiger partial charge in [-0.1, -0.05) is 37.3 Å². The van der Waals surface area contributed by atoms with Crippen molar-refractivity contribution in [3.63, 3.8) is 0 Å². The van der Waals surface area contributed by atoms with Gasteiger partial charge in [-0.2, -0.15) is 0 Å². The molecule has 6 atom stereocenters. The summed E-state index contributed by atoms with van der Waals surface area (Å²) >= 11 is 1.68. The number of fused-ring (bicyclic) bond motifs is 1. The minimum absolute atomic E-state index is 0.0421. The fourth-order valence-corrected chi connectivity index (χ4v) is 9.74. The maximum Gasteiger partial charge on any atom is 0.310 e. The van der Waals surface area contributed by atoms with Crippen molar-refractivity contribution in [1.29, 1.82) is 0 Å². The molecule has 2 amide bonds. The number of rotatable bonds is 15. The van der Waals surface area contributed by atoms with E-state index in [9.17, 15) is 19.5 Å². The van der Waals surface area contributed by atoms with Crippen LogP contribution in [0.1, 0.15) is 63.0 Å². The lowest BCUT2D eigenvalue weighted by Gasteiger charge is -2.41. The molecule has 2 bridgehead atoms. The molecule has 224 valence electrons. The van der Waals surface area contributed by atoms with Crippen LogP contribution in [0.25, 0.3) is 0 Å². The average molecular weight is 583 g/mol. The van der Waals surface area contributed by atoms with Gasteiger partial charge in [0.2, 0.25) is 5.91 Å². The number of benzene rings is 1. The number of nitrogens with zero attached hydrogens (tertiary/aromatic N) is 2. The number of aryl methyl sites for hydroxylation is 2. The summed E-state index contributed by atoms with van der Waals surface area (Å²) in [6.07, 6.45) is 8.99. The Morgan fingerprint density at radius 1 is 1.15 bits per heavy atom. The van der Waals surface area contributed by atoms with Crippen molar-refractivity contribution >= 4 is 35.2 Å². The minimum Gasteiger partial charge on any atom is -0.465 e. The number of allylic oxidation sites excluding steroid dienone is 1. The molecule has 8 heteroatoms. The number of thioether (sulfide) groups is 1. The summed E-state index contributed by atoms with van der Waals surface area (Å²) in [6.45, 7) is 15.0. The van der Waals surface area contributed by atoms with Gasteiger partial charge in [0.1, 0.15) is 6.04 Å². The standard InChI is InChI=1S/C33H46N2O5S/c1-6-8-9-13-20-40-32(39)26-25-21-24(5)33(41-25)27(26)30(37)35(18-11-10-12-19-36)29(33)31(38)34(17-7-2)28-22(3)15-14-16-23(28)4/h6-7,14-16,24-27,29,36H,1-2,8-13,17-21H2,3-5H3/t24?,25-,26+,27+,29?,33?/m1/s1. The van der Waals surface area contributed by atoms with Gasteiger partial charge in [0.15, 0.2) is 0 Å². The monoisotopic (exact) mass is 582 g/mol. The molecule has 1 aromatic rings. The summed E-state index contributed by atoms with van der Waals surface area (Å²) in [6, 6.07) is 5.29. The summed E-state index contributed by atoms with van der Waals surface area (Å²) in [4.78, 5) is 46.2. The molecule has 3 aliphatic heterocycles. The molecule has 4 rings (SSSR count). The number of carbonyl (C=O) groups is 3. The third-order valence-electron chi connectivity index (χ3n) is 9.14. The number of anilines is 1. The molecule has 0 radical (unpaired) electrons. The first-order valence-corrected chi connectivity index (χ1v) is 16.0. The molecule has 3 fully saturated rings. The first-order valence-electron chi connectivity index (χ1n) is 15.1. The fourth-order valence-electron chi connectivity index (χ4n) is 7.34. The molecule has 3 saturated heterocycles. The highest BCUT2D eigenvalue weighted by molar-refractivity contribution is 8.02. The Morgan fingerprint density at radius 2 is 1.88 bits per heavy atom. The molecule has 1 N–H and O–H groups in total.